The molecule has 0 heterocycles. The van der Waals surface area contributed by atoms with E-state index in [4.69, 9.17) is 5.73 Å². The fourth-order valence-electron chi connectivity index (χ4n) is 2.57. The molecule has 0 bridgehead atoms. The van der Waals surface area contributed by atoms with Crippen molar-refractivity contribution in [2.24, 2.45) is 5.73 Å². The summed E-state index contributed by atoms with van der Waals surface area (Å²) in [7, 11) is 1.58. The Morgan fingerprint density at radius 1 is 1.09 bits per heavy atom. The first-order chi connectivity index (χ1) is 10.8. The second kappa shape index (κ2) is 6.83. The third-order valence-corrected chi connectivity index (χ3v) is 3.57. The number of hydrogen-bond donors (Lipinski definition) is 1. The molecule has 0 aliphatic rings. The largest absolute Gasteiger partial charge is 0.416 e. The fourth-order valence-corrected chi connectivity index (χ4v) is 2.57. The summed E-state index contributed by atoms with van der Waals surface area (Å²) in [4.78, 5) is 13.3. The number of likely N-dealkylation sites (N-methyl/N-ethyl adjacent to an activating group) is 1. The van der Waals surface area contributed by atoms with Gasteiger partial charge in [-0.2, -0.15) is 13.2 Å². The van der Waals surface area contributed by atoms with Crippen LogP contribution in [0, 0.1) is 0 Å². The minimum atomic E-state index is -4.44. The van der Waals surface area contributed by atoms with Crippen molar-refractivity contribution in [3.05, 3.63) is 71.3 Å². The molecule has 0 aliphatic carbocycles. The molecule has 122 valence electrons. The van der Waals surface area contributed by atoms with Gasteiger partial charge in [0, 0.05) is 6.54 Å². The first kappa shape index (κ1) is 17.0. The second-order valence-electron chi connectivity index (χ2n) is 5.29. The van der Waals surface area contributed by atoms with Gasteiger partial charge in [0.25, 0.3) is 0 Å². The smallest absolute Gasteiger partial charge is 0.368 e. The van der Waals surface area contributed by atoms with Crippen LogP contribution in [0.5, 0.6) is 0 Å². The minimum Gasteiger partial charge on any atom is -0.368 e. The van der Waals surface area contributed by atoms with Gasteiger partial charge >= 0.3 is 6.18 Å². The van der Waals surface area contributed by atoms with Crippen LogP contribution in [-0.4, -0.2) is 17.9 Å². The Kier molecular flexibility index (Phi) is 5.05. The second-order valence-corrected chi connectivity index (χ2v) is 5.29. The number of hydrogen-bond acceptors (Lipinski definition) is 2. The van der Waals surface area contributed by atoms with E-state index in [9.17, 15) is 18.0 Å². The van der Waals surface area contributed by atoms with Gasteiger partial charge in [-0.15, -0.1) is 0 Å². The standard InChI is InChI=1S/C17H17F3N2O/c1-22(15(16(21)23)12-7-3-2-4-8-12)11-13-9-5-6-10-14(13)17(18,19)20/h2-10,15H,11H2,1H3,(H2,21,23)/t15-/m1/s1. The molecular weight excluding hydrogens is 305 g/mol. The highest BCUT2D eigenvalue weighted by molar-refractivity contribution is 5.81. The average molecular weight is 322 g/mol. The number of benzene rings is 2. The number of carbonyl (C=O) groups excluding carboxylic acids is 1. The van der Waals surface area contributed by atoms with Crippen molar-refractivity contribution in [1.29, 1.82) is 0 Å². The van der Waals surface area contributed by atoms with Crippen LogP contribution in [0.25, 0.3) is 0 Å². The highest BCUT2D eigenvalue weighted by atomic mass is 19.4. The molecule has 0 fully saturated rings. The Labute approximate surface area is 132 Å². The molecular formula is C17H17F3N2O. The Morgan fingerprint density at radius 3 is 2.22 bits per heavy atom. The van der Waals surface area contributed by atoms with Gasteiger partial charge in [-0.05, 0) is 24.2 Å². The predicted octanol–water partition coefficient (Wildman–Crippen LogP) is 3.36. The summed E-state index contributed by atoms with van der Waals surface area (Å²) in [5.41, 5.74) is 5.49. The van der Waals surface area contributed by atoms with Crippen LogP contribution < -0.4 is 5.73 Å². The Balaban J connectivity index is 2.30. The molecule has 0 saturated carbocycles. The van der Waals surface area contributed by atoms with Crippen LogP contribution in [0.4, 0.5) is 13.2 Å². The van der Waals surface area contributed by atoms with Gasteiger partial charge in [0.05, 0.1) is 5.56 Å². The van der Waals surface area contributed by atoms with Gasteiger partial charge in [-0.25, -0.2) is 0 Å². The summed E-state index contributed by atoms with van der Waals surface area (Å²) < 4.78 is 39.2. The van der Waals surface area contributed by atoms with Gasteiger partial charge in [0.2, 0.25) is 5.91 Å². The fraction of sp³-hybridized carbons (Fsp3) is 0.235. The van der Waals surface area contributed by atoms with Gasteiger partial charge in [0.1, 0.15) is 6.04 Å². The number of rotatable bonds is 5. The highest BCUT2D eigenvalue weighted by Crippen LogP contribution is 2.33. The molecule has 2 aromatic carbocycles. The molecule has 0 aromatic heterocycles. The minimum absolute atomic E-state index is 0.0435. The van der Waals surface area contributed by atoms with Crippen molar-refractivity contribution in [2.75, 3.05) is 7.05 Å². The molecule has 2 N–H and O–H groups in total. The van der Waals surface area contributed by atoms with Crippen LogP contribution in [-0.2, 0) is 17.5 Å². The zero-order valence-corrected chi connectivity index (χ0v) is 12.5. The molecule has 0 spiro atoms. The van der Waals surface area contributed by atoms with Crippen LogP contribution in [0.1, 0.15) is 22.7 Å². The third-order valence-electron chi connectivity index (χ3n) is 3.57. The molecule has 0 aliphatic heterocycles. The zero-order valence-electron chi connectivity index (χ0n) is 12.5. The van der Waals surface area contributed by atoms with Gasteiger partial charge in [-0.1, -0.05) is 48.5 Å². The first-order valence-electron chi connectivity index (χ1n) is 7.00. The van der Waals surface area contributed by atoms with Gasteiger partial charge in [-0.3, -0.25) is 9.69 Å². The van der Waals surface area contributed by atoms with Gasteiger partial charge < -0.3 is 5.73 Å². The average Bonchev–Trinajstić information content (AvgIpc) is 2.47. The molecule has 1 amide bonds. The van der Waals surface area contributed by atoms with E-state index in [1.54, 1.807) is 43.4 Å². The summed E-state index contributed by atoms with van der Waals surface area (Å²) in [5.74, 6) is -0.608. The maximum atomic E-state index is 13.1. The lowest BCUT2D eigenvalue weighted by Gasteiger charge is -2.27. The van der Waals surface area contributed by atoms with E-state index in [0.29, 0.717) is 5.56 Å². The maximum absolute atomic E-state index is 13.1. The van der Waals surface area contributed by atoms with Crippen molar-refractivity contribution in [3.63, 3.8) is 0 Å². The number of carbonyl (C=O) groups is 1. The number of nitrogens with two attached hydrogens (primary N) is 1. The Bertz CT molecular complexity index is 671. The normalized spacial score (nSPS) is 13.1. The molecule has 3 nitrogen and oxygen atoms in total. The first-order valence-corrected chi connectivity index (χ1v) is 7.00. The van der Waals surface area contributed by atoms with E-state index >= 15 is 0 Å². The third kappa shape index (κ3) is 4.10. The van der Waals surface area contributed by atoms with Crippen molar-refractivity contribution < 1.29 is 18.0 Å². The topological polar surface area (TPSA) is 46.3 Å². The SMILES string of the molecule is CN(Cc1ccccc1C(F)(F)F)[C@@H](C(N)=O)c1ccccc1. The zero-order chi connectivity index (χ0) is 17.0. The van der Waals surface area contributed by atoms with Crippen LogP contribution in [0.2, 0.25) is 0 Å². The lowest BCUT2D eigenvalue weighted by atomic mass is 10.0. The maximum Gasteiger partial charge on any atom is 0.416 e. The molecule has 0 unspecified atom stereocenters. The van der Waals surface area contributed by atoms with E-state index < -0.39 is 23.7 Å². The molecule has 6 heteroatoms. The molecule has 0 radical (unpaired) electrons. The molecule has 23 heavy (non-hydrogen) atoms. The predicted molar refractivity (Wildman–Crippen MR) is 81.3 cm³/mol. The quantitative estimate of drug-likeness (QED) is 0.917. The number of nitrogens with zero attached hydrogens (tertiary/aromatic N) is 1. The van der Waals surface area contributed by atoms with Crippen LogP contribution >= 0.6 is 0 Å². The van der Waals surface area contributed by atoms with E-state index in [1.807, 2.05) is 0 Å². The number of halogens is 3. The number of primary amides is 1. The Morgan fingerprint density at radius 2 is 1.65 bits per heavy atom. The molecule has 2 rings (SSSR count). The van der Waals surface area contributed by atoms with E-state index in [-0.39, 0.29) is 12.1 Å². The number of amides is 1. The van der Waals surface area contributed by atoms with Crippen molar-refractivity contribution in [1.82, 2.24) is 4.90 Å². The van der Waals surface area contributed by atoms with Crippen molar-refractivity contribution >= 4 is 5.91 Å². The summed E-state index contributed by atoms with van der Waals surface area (Å²) in [6.07, 6.45) is -4.44. The van der Waals surface area contributed by atoms with Crippen LogP contribution in [0.15, 0.2) is 54.6 Å². The lowest BCUT2D eigenvalue weighted by Crippen LogP contribution is -2.35. The summed E-state index contributed by atoms with van der Waals surface area (Å²) in [5, 5.41) is 0. The molecule has 1 atom stereocenters. The highest BCUT2D eigenvalue weighted by Gasteiger charge is 2.34. The van der Waals surface area contributed by atoms with Gasteiger partial charge in [0.15, 0.2) is 0 Å². The summed E-state index contributed by atoms with van der Waals surface area (Å²) >= 11 is 0. The number of alkyl halides is 3. The van der Waals surface area contributed by atoms with E-state index in [0.717, 1.165) is 6.07 Å². The van der Waals surface area contributed by atoms with E-state index in [1.165, 1.54) is 17.0 Å². The summed E-state index contributed by atoms with van der Waals surface area (Å²) in [6, 6.07) is 13.3. The van der Waals surface area contributed by atoms with Crippen molar-refractivity contribution in [3.8, 4) is 0 Å². The molecule has 0 saturated heterocycles. The van der Waals surface area contributed by atoms with Crippen LogP contribution in [0.3, 0.4) is 0 Å². The van der Waals surface area contributed by atoms with E-state index in [2.05, 4.69) is 0 Å². The monoisotopic (exact) mass is 322 g/mol. The Hall–Kier alpha value is -2.34. The lowest BCUT2D eigenvalue weighted by molar-refractivity contribution is -0.138. The van der Waals surface area contributed by atoms with Crippen molar-refractivity contribution in [2.45, 2.75) is 18.8 Å². The summed E-state index contributed by atoms with van der Waals surface area (Å²) in [6.45, 7) is -0.0435. The molecule has 2 aromatic rings.